The fourth-order valence-corrected chi connectivity index (χ4v) is 12.3. The van der Waals surface area contributed by atoms with Crippen LogP contribution in [0.4, 0.5) is 17.1 Å². The zero-order valence-corrected chi connectivity index (χ0v) is 53.9. The van der Waals surface area contributed by atoms with E-state index in [4.69, 9.17) is 12.6 Å². The number of nitrogens with zero attached hydrogens (tertiary/aromatic N) is 3. The molecule has 0 saturated heterocycles. The fourth-order valence-electron chi connectivity index (χ4n) is 11.2. The average molecular weight is 1190 g/mol. The summed E-state index contributed by atoms with van der Waals surface area (Å²) in [6.45, 7) is 10.5. The Balaban J connectivity index is 0.00000179. The molecule has 3 aliphatic heterocycles. The third kappa shape index (κ3) is 16.1. The maximum atomic E-state index is 13.7. The van der Waals surface area contributed by atoms with Crippen LogP contribution in [-0.2, 0) is 57.8 Å². The Kier molecular flexibility index (Phi) is 23.1. The molecule has 6 aromatic rings. The largest absolute Gasteiger partial charge is 1.00 e. The number of hydrogen-bond acceptors (Lipinski definition) is 12. The number of para-hydroxylation sites is 1. The Morgan fingerprint density at radius 3 is 2.14 bits per heavy atom. The summed E-state index contributed by atoms with van der Waals surface area (Å²) in [7, 11) is -12.1. The van der Waals surface area contributed by atoms with Gasteiger partial charge in [-0.2, -0.15) is 28.8 Å². The minimum absolute atomic E-state index is 0. The molecule has 0 bridgehead atoms. The second-order valence-corrected chi connectivity index (χ2v) is 24.3. The van der Waals surface area contributed by atoms with E-state index in [0.717, 1.165) is 79.7 Å². The summed E-state index contributed by atoms with van der Waals surface area (Å²) in [6, 6.07) is 37.2. The van der Waals surface area contributed by atoms with Crippen LogP contribution in [0.2, 0.25) is 0 Å². The molecule has 0 atom stereocenters. The van der Waals surface area contributed by atoms with E-state index in [1.807, 2.05) is 103 Å². The Hall–Kier alpha value is -5.79. The summed E-state index contributed by atoms with van der Waals surface area (Å²) in [6.07, 6.45) is 17.6. The molecule has 0 fully saturated rings. The maximum absolute atomic E-state index is 13.7. The molecule has 420 valence electrons. The van der Waals surface area contributed by atoms with Gasteiger partial charge in [-0.15, -0.1) is 29.5 Å². The number of amides is 2. The Labute approximate surface area is 532 Å². The third-order valence-corrected chi connectivity index (χ3v) is 16.5. The van der Waals surface area contributed by atoms with Crippen molar-refractivity contribution in [2.24, 2.45) is 0 Å². The second kappa shape index (κ2) is 28.9. The molecule has 0 saturated carbocycles. The van der Waals surface area contributed by atoms with Gasteiger partial charge in [-0.1, -0.05) is 105 Å². The van der Waals surface area contributed by atoms with Crippen LogP contribution in [0.15, 0.2) is 162 Å². The molecule has 0 aromatic heterocycles. The number of rotatable bonds is 19. The van der Waals surface area contributed by atoms with E-state index < -0.39 is 42.0 Å². The topological polar surface area (TPSA) is 221 Å². The van der Waals surface area contributed by atoms with Gasteiger partial charge >= 0.3 is 69.7 Å². The van der Waals surface area contributed by atoms with E-state index in [2.05, 4.69) is 90.7 Å². The smallest absolute Gasteiger partial charge is 0.748 e. The molecule has 0 radical (unpaired) electrons. The number of nitrogens with one attached hydrogen (secondary N) is 1. The Bertz CT molecular complexity index is 4030. The van der Waals surface area contributed by atoms with Crippen LogP contribution in [0.25, 0.3) is 21.5 Å². The van der Waals surface area contributed by atoms with Crippen LogP contribution in [0.1, 0.15) is 100 Å². The first-order chi connectivity index (χ1) is 38.6. The fraction of sp³-hybridized carbons (Fsp3) is 0.286. The number of allylic oxidation sites excluding steroid dienone is 8. The van der Waals surface area contributed by atoms with Gasteiger partial charge in [0.1, 0.15) is 16.7 Å². The molecule has 83 heavy (non-hydrogen) atoms. The van der Waals surface area contributed by atoms with Gasteiger partial charge in [0.2, 0.25) is 17.5 Å². The van der Waals surface area contributed by atoms with Crippen molar-refractivity contribution in [3.63, 3.8) is 0 Å². The SMILES string of the molecule is CC1(C)C(=CC=CC=CC=CC2=[N+](CCCCS(=O)(=O)[O-])c3ccc4c[c-]ccc4c3C2(C)C)N(CCCCCC(=O)NCCC(=O)N2Cc3ccccc3C#Cc3ccccc32)c2ccc3cc(S(=O)(=O)[O-])ccc3c21.O=S(=O)=O.[Na+].[Na+]. The van der Waals surface area contributed by atoms with E-state index in [0.29, 0.717) is 44.3 Å². The minimum atomic E-state index is -4.66. The number of carbonyl (C=O) groups is 2. The standard InChI is InChI=1S/C63H64N4O8S2.2Na.O3S/c1-62(2)56(66(41-19-20-42-76(70,71)72)54-36-32-46-22-14-16-25-51(46)60(54)62)27-9-6-5-7-10-28-57-63(3,4)61-52-35-34-50(77(73,74)75)43-48(52)33-37-55(61)65(57)40-18-8-11-29-58(68)64-39-38-59(69)67-44-49-24-13-12-21-45(49)30-31-47-23-15-17-26-53(47)67;;;1-4(2)3/h5-7,9-10,12-13,15-17,21-28,32-37,43H,8,11,18-20,29,38-42,44H2,1-4H3,(H,64,68)(H,70,71,72)(H,73,74,75);;;/q;2*+1;/p-2. The van der Waals surface area contributed by atoms with Crippen molar-refractivity contribution in [3.8, 4) is 11.8 Å². The molecule has 2 amide bonds. The van der Waals surface area contributed by atoms with Crippen molar-refractivity contribution in [3.05, 3.63) is 191 Å². The predicted octanol–water partition coefficient (Wildman–Crippen LogP) is 3.77. The van der Waals surface area contributed by atoms with E-state index in [1.54, 1.807) is 11.0 Å². The zero-order chi connectivity index (χ0) is 58.1. The molecule has 0 spiro atoms. The molecular formula is C63H62N4Na2O11S3. The molecule has 3 aliphatic rings. The first-order valence-corrected chi connectivity index (χ1v) is 30.6. The summed E-state index contributed by atoms with van der Waals surface area (Å²) in [5.74, 6) is 5.86. The molecular weight excluding hydrogens is 1130 g/mol. The van der Waals surface area contributed by atoms with E-state index in [1.165, 1.54) is 17.7 Å². The Morgan fingerprint density at radius 1 is 0.723 bits per heavy atom. The van der Waals surface area contributed by atoms with E-state index in [-0.39, 0.29) is 101 Å². The van der Waals surface area contributed by atoms with Gasteiger partial charge in [-0.05, 0) is 104 Å². The van der Waals surface area contributed by atoms with Crippen molar-refractivity contribution >= 4 is 87.0 Å². The molecule has 15 nitrogen and oxygen atoms in total. The van der Waals surface area contributed by atoms with Crippen molar-refractivity contribution in [1.82, 2.24) is 5.32 Å². The first kappa shape index (κ1) is 66.4. The molecule has 20 heteroatoms. The van der Waals surface area contributed by atoms with Gasteiger partial charge < -0.3 is 24.2 Å². The van der Waals surface area contributed by atoms with Crippen LogP contribution in [-0.4, -0.2) is 86.1 Å². The monoisotopic (exact) mass is 1190 g/mol. The molecule has 0 unspecified atom stereocenters. The van der Waals surface area contributed by atoms with Crippen LogP contribution in [0, 0.1) is 17.9 Å². The Morgan fingerprint density at radius 2 is 1.40 bits per heavy atom. The molecule has 0 aliphatic carbocycles. The number of unbranched alkanes of at least 4 members (excludes halogenated alkanes) is 3. The van der Waals surface area contributed by atoms with Crippen LogP contribution in [0.3, 0.4) is 0 Å². The van der Waals surface area contributed by atoms with Gasteiger partial charge in [0.05, 0.1) is 32.7 Å². The maximum Gasteiger partial charge on any atom is 1.00 e. The number of carbonyl (C=O) groups excluding carboxylic acids is 2. The van der Waals surface area contributed by atoms with E-state index >= 15 is 0 Å². The van der Waals surface area contributed by atoms with Crippen molar-refractivity contribution in [2.45, 2.75) is 94.9 Å². The first-order valence-electron chi connectivity index (χ1n) is 26.6. The normalized spacial score (nSPS) is 15.3. The molecule has 6 aromatic carbocycles. The summed E-state index contributed by atoms with van der Waals surface area (Å²) >= 11 is 0. The minimum Gasteiger partial charge on any atom is -0.748 e. The number of fused-ring (bicyclic) bond motifs is 8. The third-order valence-electron chi connectivity index (χ3n) is 14.9. The summed E-state index contributed by atoms with van der Waals surface area (Å²) < 4.78 is 97.8. The van der Waals surface area contributed by atoms with Crippen molar-refractivity contribution in [2.75, 3.05) is 35.2 Å². The summed E-state index contributed by atoms with van der Waals surface area (Å²) in [4.78, 5) is 30.6. The van der Waals surface area contributed by atoms with Crippen molar-refractivity contribution in [1.29, 1.82) is 0 Å². The number of anilines is 2. The summed E-state index contributed by atoms with van der Waals surface area (Å²) in [5, 5.41) is 6.70. The molecule has 1 N–H and O–H groups in total. The van der Waals surface area contributed by atoms with E-state index in [9.17, 15) is 35.5 Å². The molecule has 9 rings (SSSR count). The van der Waals surface area contributed by atoms with Gasteiger partial charge in [-0.25, -0.2) is 16.8 Å². The number of benzene rings is 6. The quantitative estimate of drug-likeness (QED) is 0.0233. The summed E-state index contributed by atoms with van der Waals surface area (Å²) in [5.41, 5.74) is 8.83. The van der Waals surface area contributed by atoms with Crippen LogP contribution >= 0.6 is 0 Å². The second-order valence-electron chi connectivity index (χ2n) is 21.0. The van der Waals surface area contributed by atoms with Crippen LogP contribution < -0.4 is 74.2 Å². The molecule has 3 heterocycles. The van der Waals surface area contributed by atoms with Crippen LogP contribution in [0.5, 0.6) is 0 Å². The average Bonchev–Trinajstić information content (AvgIpc) is 2.83. The zero-order valence-electron chi connectivity index (χ0n) is 47.5. The van der Waals surface area contributed by atoms with Gasteiger partial charge in [0, 0.05) is 77.7 Å². The van der Waals surface area contributed by atoms with Crippen molar-refractivity contribution < 1.29 is 112 Å². The van der Waals surface area contributed by atoms with Gasteiger partial charge in [-0.3, -0.25) is 9.59 Å². The van der Waals surface area contributed by atoms with Gasteiger partial charge in [0.25, 0.3) is 0 Å². The van der Waals surface area contributed by atoms with Gasteiger partial charge in [0.15, 0.2) is 5.71 Å². The predicted molar refractivity (Wildman–Crippen MR) is 313 cm³/mol. The number of hydrogen-bond donors (Lipinski definition) is 1.